The van der Waals surface area contributed by atoms with Crippen molar-refractivity contribution >= 4 is 38.6 Å². The molecule has 0 fully saturated rings. The molecule has 7 heteroatoms. The molecule has 1 heterocycles. The number of amides is 1. The Bertz CT molecular complexity index is 874. The van der Waals surface area contributed by atoms with Crippen LogP contribution in [0.1, 0.15) is 5.56 Å². The standard InChI is InChI=1S/C18H16N2O4S/c1-23-13-6-4-5-12(9-13)10-17(22)24-11-16(21)20-18-19-14-7-2-3-8-15(14)25-18/h2-9H,10-11H2,1H3,(H,19,20,21). The number of nitrogens with one attached hydrogen (secondary N) is 1. The topological polar surface area (TPSA) is 77.5 Å². The van der Waals surface area contributed by atoms with E-state index in [1.165, 1.54) is 11.3 Å². The number of esters is 1. The van der Waals surface area contributed by atoms with Gasteiger partial charge in [0.25, 0.3) is 5.91 Å². The lowest BCUT2D eigenvalue weighted by Gasteiger charge is -2.06. The van der Waals surface area contributed by atoms with Gasteiger partial charge in [0.2, 0.25) is 0 Å². The number of rotatable bonds is 6. The van der Waals surface area contributed by atoms with Gasteiger partial charge in [0, 0.05) is 0 Å². The van der Waals surface area contributed by atoms with Gasteiger partial charge in [-0.1, -0.05) is 35.6 Å². The second-order valence-corrected chi connectivity index (χ2v) is 6.25. The number of nitrogens with zero attached hydrogens (tertiary/aromatic N) is 1. The fourth-order valence-corrected chi connectivity index (χ4v) is 3.11. The fourth-order valence-electron chi connectivity index (χ4n) is 2.23. The summed E-state index contributed by atoms with van der Waals surface area (Å²) in [6.07, 6.45) is 0.0750. The van der Waals surface area contributed by atoms with E-state index in [0.717, 1.165) is 15.8 Å². The van der Waals surface area contributed by atoms with Gasteiger partial charge in [-0.25, -0.2) is 4.98 Å². The van der Waals surface area contributed by atoms with E-state index in [4.69, 9.17) is 9.47 Å². The molecule has 0 atom stereocenters. The summed E-state index contributed by atoms with van der Waals surface area (Å²) in [6, 6.07) is 14.7. The van der Waals surface area contributed by atoms with Crippen LogP contribution in [0.15, 0.2) is 48.5 Å². The molecular formula is C18H16N2O4S. The van der Waals surface area contributed by atoms with E-state index < -0.39 is 11.9 Å². The first-order chi connectivity index (χ1) is 12.1. The molecule has 0 saturated heterocycles. The number of ether oxygens (including phenoxy) is 2. The van der Waals surface area contributed by atoms with Gasteiger partial charge < -0.3 is 9.47 Å². The molecule has 0 saturated carbocycles. The molecule has 6 nitrogen and oxygen atoms in total. The minimum atomic E-state index is -0.479. The number of fused-ring (bicyclic) bond motifs is 1. The molecular weight excluding hydrogens is 340 g/mol. The van der Waals surface area contributed by atoms with Crippen LogP contribution in [0.5, 0.6) is 5.75 Å². The first-order valence-electron chi connectivity index (χ1n) is 7.58. The Morgan fingerprint density at radius 1 is 1.16 bits per heavy atom. The van der Waals surface area contributed by atoms with Crippen molar-refractivity contribution in [2.24, 2.45) is 0 Å². The first-order valence-corrected chi connectivity index (χ1v) is 8.39. The van der Waals surface area contributed by atoms with Crippen LogP contribution in [0.3, 0.4) is 0 Å². The number of thiazole rings is 1. The van der Waals surface area contributed by atoms with Gasteiger partial charge in [-0.05, 0) is 29.8 Å². The van der Waals surface area contributed by atoms with E-state index in [9.17, 15) is 9.59 Å². The molecule has 1 N–H and O–H groups in total. The average Bonchev–Trinajstić information content (AvgIpc) is 3.02. The van der Waals surface area contributed by atoms with Crippen molar-refractivity contribution in [1.82, 2.24) is 4.98 Å². The zero-order valence-corrected chi connectivity index (χ0v) is 14.3. The van der Waals surface area contributed by atoms with Gasteiger partial charge in [-0.2, -0.15) is 0 Å². The van der Waals surface area contributed by atoms with Crippen LogP contribution < -0.4 is 10.1 Å². The summed E-state index contributed by atoms with van der Waals surface area (Å²) in [4.78, 5) is 28.1. The summed E-state index contributed by atoms with van der Waals surface area (Å²) in [5, 5.41) is 3.12. The Morgan fingerprint density at radius 3 is 2.80 bits per heavy atom. The molecule has 0 spiro atoms. The first kappa shape index (κ1) is 16.9. The molecule has 128 valence electrons. The Morgan fingerprint density at radius 2 is 2.00 bits per heavy atom. The van der Waals surface area contributed by atoms with Crippen molar-refractivity contribution in [3.05, 3.63) is 54.1 Å². The van der Waals surface area contributed by atoms with Gasteiger partial charge in [-0.15, -0.1) is 0 Å². The monoisotopic (exact) mass is 356 g/mol. The van der Waals surface area contributed by atoms with E-state index in [2.05, 4.69) is 10.3 Å². The highest BCUT2D eigenvalue weighted by Crippen LogP contribution is 2.25. The predicted octanol–water partition coefficient (Wildman–Crippen LogP) is 3.03. The summed E-state index contributed by atoms with van der Waals surface area (Å²) in [7, 11) is 1.56. The SMILES string of the molecule is COc1cccc(CC(=O)OCC(=O)Nc2nc3ccccc3s2)c1. The maximum absolute atomic E-state index is 11.9. The summed E-state index contributed by atoms with van der Waals surface area (Å²) in [6.45, 7) is -0.348. The summed E-state index contributed by atoms with van der Waals surface area (Å²) in [5.41, 5.74) is 1.58. The number of methoxy groups -OCH3 is 1. The summed E-state index contributed by atoms with van der Waals surface area (Å²) < 4.78 is 11.1. The predicted molar refractivity (Wildman–Crippen MR) is 95.9 cm³/mol. The van der Waals surface area contributed by atoms with Crippen LogP contribution in [-0.2, 0) is 20.7 Å². The highest BCUT2D eigenvalue weighted by atomic mass is 32.1. The second kappa shape index (κ2) is 7.76. The molecule has 0 radical (unpaired) electrons. The van der Waals surface area contributed by atoms with Crippen molar-refractivity contribution in [3.8, 4) is 5.75 Å². The quantitative estimate of drug-likeness (QED) is 0.687. The molecule has 3 rings (SSSR count). The smallest absolute Gasteiger partial charge is 0.310 e. The van der Waals surface area contributed by atoms with Crippen LogP contribution in [-0.4, -0.2) is 30.6 Å². The van der Waals surface area contributed by atoms with Crippen LogP contribution in [0, 0.1) is 0 Å². The molecule has 0 aliphatic heterocycles. The number of carbonyl (C=O) groups excluding carboxylic acids is 2. The number of para-hydroxylation sites is 1. The van der Waals surface area contributed by atoms with E-state index in [1.54, 1.807) is 31.4 Å². The molecule has 0 bridgehead atoms. The largest absolute Gasteiger partial charge is 0.497 e. The third-order valence-corrected chi connectivity index (χ3v) is 4.34. The summed E-state index contributed by atoms with van der Waals surface area (Å²) in [5.74, 6) is -0.232. The van der Waals surface area contributed by atoms with Crippen LogP contribution >= 0.6 is 11.3 Å². The van der Waals surface area contributed by atoms with Gasteiger partial charge >= 0.3 is 5.97 Å². The molecule has 0 aliphatic carbocycles. The molecule has 1 amide bonds. The lowest BCUT2D eigenvalue weighted by molar-refractivity contribution is -0.146. The number of hydrogen-bond donors (Lipinski definition) is 1. The number of hydrogen-bond acceptors (Lipinski definition) is 6. The van der Waals surface area contributed by atoms with Crippen LogP contribution in [0.4, 0.5) is 5.13 Å². The normalized spacial score (nSPS) is 10.4. The molecule has 0 unspecified atom stereocenters. The van der Waals surface area contributed by atoms with E-state index in [0.29, 0.717) is 10.9 Å². The van der Waals surface area contributed by atoms with Gasteiger partial charge in [0.05, 0.1) is 23.7 Å². The summed E-state index contributed by atoms with van der Waals surface area (Å²) >= 11 is 1.37. The Balaban J connectivity index is 1.50. The Labute approximate surface area is 148 Å². The fraction of sp³-hybridized carbons (Fsp3) is 0.167. The Kier molecular flexibility index (Phi) is 5.25. The molecule has 25 heavy (non-hydrogen) atoms. The van der Waals surface area contributed by atoms with Crippen LogP contribution in [0.25, 0.3) is 10.2 Å². The van der Waals surface area contributed by atoms with Gasteiger partial charge in [-0.3, -0.25) is 14.9 Å². The maximum Gasteiger partial charge on any atom is 0.310 e. The Hall–Kier alpha value is -2.93. The van der Waals surface area contributed by atoms with Gasteiger partial charge in [0.15, 0.2) is 11.7 Å². The van der Waals surface area contributed by atoms with Crippen molar-refractivity contribution in [1.29, 1.82) is 0 Å². The minimum Gasteiger partial charge on any atom is -0.497 e. The average molecular weight is 356 g/mol. The third kappa shape index (κ3) is 4.54. The van der Waals surface area contributed by atoms with Crippen LogP contribution in [0.2, 0.25) is 0 Å². The zero-order chi connectivity index (χ0) is 17.6. The number of aromatic nitrogens is 1. The zero-order valence-electron chi connectivity index (χ0n) is 13.5. The third-order valence-electron chi connectivity index (χ3n) is 3.39. The second-order valence-electron chi connectivity index (χ2n) is 5.22. The lowest BCUT2D eigenvalue weighted by Crippen LogP contribution is -2.21. The van der Waals surface area contributed by atoms with E-state index in [1.807, 2.05) is 24.3 Å². The van der Waals surface area contributed by atoms with E-state index >= 15 is 0 Å². The highest BCUT2D eigenvalue weighted by Gasteiger charge is 2.11. The van der Waals surface area contributed by atoms with Crippen molar-refractivity contribution in [2.75, 3.05) is 19.0 Å². The molecule has 1 aromatic heterocycles. The molecule has 0 aliphatic rings. The van der Waals surface area contributed by atoms with E-state index in [-0.39, 0.29) is 13.0 Å². The number of carbonyl (C=O) groups is 2. The van der Waals surface area contributed by atoms with Crippen molar-refractivity contribution < 1.29 is 19.1 Å². The number of benzene rings is 2. The minimum absolute atomic E-state index is 0.0750. The van der Waals surface area contributed by atoms with Crippen molar-refractivity contribution in [2.45, 2.75) is 6.42 Å². The highest BCUT2D eigenvalue weighted by molar-refractivity contribution is 7.22. The molecule has 2 aromatic carbocycles. The maximum atomic E-state index is 11.9. The lowest BCUT2D eigenvalue weighted by atomic mass is 10.1. The molecule has 3 aromatic rings. The van der Waals surface area contributed by atoms with Crippen molar-refractivity contribution in [3.63, 3.8) is 0 Å². The van der Waals surface area contributed by atoms with Gasteiger partial charge in [0.1, 0.15) is 5.75 Å². The number of anilines is 1.